The van der Waals surface area contributed by atoms with Crippen LogP contribution in [0.3, 0.4) is 0 Å². The van der Waals surface area contributed by atoms with Gasteiger partial charge in [-0.2, -0.15) is 13.2 Å². The number of fused-ring (bicyclic) bond motifs is 1. The smallest absolute Gasteiger partial charge is 0.326 e. The number of para-hydroxylation sites is 1. The van der Waals surface area contributed by atoms with Crippen LogP contribution in [0.15, 0.2) is 84.4 Å². The number of allylic oxidation sites excluding steroid dienone is 1. The molecule has 2 amide bonds. The first-order chi connectivity index (χ1) is 19.0. The second-order valence-corrected chi connectivity index (χ2v) is 9.91. The Labute approximate surface area is 238 Å². The highest BCUT2D eigenvalue weighted by Crippen LogP contribution is 2.32. The number of benzodiazepines with no additional fused rings is 1. The Morgan fingerprint density at radius 1 is 1.05 bits per heavy atom. The molecule has 4 rings (SSSR count). The maximum Gasteiger partial charge on any atom is 0.406 e. The lowest BCUT2D eigenvalue weighted by Crippen LogP contribution is -2.51. The number of benzene rings is 3. The summed E-state index contributed by atoms with van der Waals surface area (Å²) in [7, 11) is 0. The molecule has 3 aromatic carbocycles. The standard InChI is InChI=1S/C29H23Cl2F4N3O2/c1-2-7-18(14-17-12-13-21(30)22(31)15-17)27(39)37-26-28(40)38(16-29(33,34)35)24-11-6-4-9-20(24)25(36-26)19-8-3-5-10-23(19)32/h2-6,8-13,15,18,26H,1,7,14,16H2,(H,37,39)/t18?,26-/m1/s1. The molecule has 1 aliphatic rings. The van der Waals surface area contributed by atoms with E-state index in [9.17, 15) is 27.2 Å². The van der Waals surface area contributed by atoms with Gasteiger partial charge in [0.25, 0.3) is 5.91 Å². The van der Waals surface area contributed by atoms with Crippen LogP contribution in [0.25, 0.3) is 0 Å². The van der Waals surface area contributed by atoms with Crippen LogP contribution in [0.1, 0.15) is 23.1 Å². The molecule has 0 spiro atoms. The molecule has 0 saturated heterocycles. The second kappa shape index (κ2) is 12.2. The molecule has 0 bridgehead atoms. The lowest BCUT2D eigenvalue weighted by atomic mass is 9.95. The molecule has 11 heteroatoms. The van der Waals surface area contributed by atoms with Gasteiger partial charge in [0.1, 0.15) is 12.4 Å². The van der Waals surface area contributed by atoms with Gasteiger partial charge < -0.3 is 5.32 Å². The quantitative estimate of drug-likeness (QED) is 0.232. The van der Waals surface area contributed by atoms with Crippen molar-refractivity contribution in [3.63, 3.8) is 0 Å². The third kappa shape index (κ3) is 6.71. The molecule has 0 aliphatic carbocycles. The highest BCUT2D eigenvalue weighted by atomic mass is 35.5. The Bertz CT molecular complexity index is 1480. The summed E-state index contributed by atoms with van der Waals surface area (Å²) in [6.07, 6.45) is -4.66. The summed E-state index contributed by atoms with van der Waals surface area (Å²) in [5.41, 5.74) is 0.573. The molecule has 1 aliphatic heterocycles. The minimum atomic E-state index is -4.76. The molecule has 3 aromatic rings. The molecule has 1 heterocycles. The number of anilines is 1. The third-order valence-electron chi connectivity index (χ3n) is 6.24. The average Bonchev–Trinajstić information content (AvgIpc) is 3.01. The molecule has 1 N–H and O–H groups in total. The highest BCUT2D eigenvalue weighted by Gasteiger charge is 2.40. The molecule has 0 radical (unpaired) electrons. The molecule has 5 nitrogen and oxygen atoms in total. The van der Waals surface area contributed by atoms with E-state index in [-0.39, 0.29) is 40.4 Å². The number of alkyl halides is 3. The van der Waals surface area contributed by atoms with E-state index in [0.717, 1.165) is 0 Å². The van der Waals surface area contributed by atoms with Crippen molar-refractivity contribution in [1.29, 1.82) is 0 Å². The van der Waals surface area contributed by atoms with E-state index in [1.807, 2.05) is 0 Å². The molecule has 208 valence electrons. The predicted octanol–water partition coefficient (Wildman–Crippen LogP) is 6.76. The monoisotopic (exact) mass is 591 g/mol. The number of nitrogens with zero attached hydrogens (tertiary/aromatic N) is 2. The summed E-state index contributed by atoms with van der Waals surface area (Å²) in [4.78, 5) is 31.9. The Morgan fingerprint density at radius 3 is 2.38 bits per heavy atom. The van der Waals surface area contributed by atoms with Crippen LogP contribution in [-0.4, -0.2) is 36.4 Å². The third-order valence-corrected chi connectivity index (χ3v) is 6.98. The van der Waals surface area contributed by atoms with Gasteiger partial charge in [-0.05, 0) is 48.7 Å². The number of carbonyl (C=O) groups is 2. The number of carbonyl (C=O) groups excluding carboxylic acids is 2. The van der Waals surface area contributed by atoms with Gasteiger partial charge in [-0.25, -0.2) is 9.38 Å². The Hall–Kier alpha value is -3.69. The largest absolute Gasteiger partial charge is 0.406 e. The maximum absolute atomic E-state index is 14.9. The molecule has 1 unspecified atom stereocenters. The van der Waals surface area contributed by atoms with Crippen molar-refractivity contribution in [2.24, 2.45) is 10.9 Å². The SMILES string of the molecule is C=CCC(Cc1ccc(Cl)c(Cl)c1)C(=O)N[C@H]1N=C(c2ccccc2F)c2ccccc2N(CC(F)(F)F)C1=O. The first-order valence-corrected chi connectivity index (χ1v) is 12.9. The molecular formula is C29H23Cl2F4N3O2. The van der Waals surface area contributed by atoms with Crippen LogP contribution >= 0.6 is 23.2 Å². The zero-order valence-corrected chi connectivity index (χ0v) is 22.4. The molecule has 0 aromatic heterocycles. The van der Waals surface area contributed by atoms with Gasteiger partial charge in [0.15, 0.2) is 0 Å². The van der Waals surface area contributed by atoms with E-state index in [2.05, 4.69) is 16.9 Å². The summed E-state index contributed by atoms with van der Waals surface area (Å²) in [6, 6.07) is 16.2. The zero-order chi connectivity index (χ0) is 29.0. The zero-order valence-electron chi connectivity index (χ0n) is 20.9. The minimum Gasteiger partial charge on any atom is -0.326 e. The topological polar surface area (TPSA) is 61.8 Å². The van der Waals surface area contributed by atoms with E-state index in [0.29, 0.717) is 15.5 Å². The van der Waals surface area contributed by atoms with Crippen LogP contribution in [-0.2, 0) is 16.0 Å². The first-order valence-electron chi connectivity index (χ1n) is 12.1. The van der Waals surface area contributed by atoms with Gasteiger partial charge in [0.05, 0.1) is 21.4 Å². The predicted molar refractivity (Wildman–Crippen MR) is 147 cm³/mol. The van der Waals surface area contributed by atoms with Crippen molar-refractivity contribution in [3.05, 3.63) is 112 Å². The van der Waals surface area contributed by atoms with Crippen molar-refractivity contribution in [2.75, 3.05) is 11.4 Å². The number of aliphatic imine (C=N–C) groups is 1. The van der Waals surface area contributed by atoms with Gasteiger partial charge in [-0.15, -0.1) is 6.58 Å². The van der Waals surface area contributed by atoms with Gasteiger partial charge >= 0.3 is 6.18 Å². The van der Waals surface area contributed by atoms with Gasteiger partial charge in [-0.1, -0.05) is 65.7 Å². The minimum absolute atomic E-state index is 0.0331. The number of amides is 2. The fourth-order valence-electron chi connectivity index (χ4n) is 4.42. The summed E-state index contributed by atoms with van der Waals surface area (Å²) in [6.45, 7) is 2.05. The number of hydrogen-bond acceptors (Lipinski definition) is 3. The van der Waals surface area contributed by atoms with Crippen LogP contribution in [0.2, 0.25) is 10.0 Å². The van der Waals surface area contributed by atoms with Crippen LogP contribution in [0.4, 0.5) is 23.2 Å². The van der Waals surface area contributed by atoms with Gasteiger partial charge in [-0.3, -0.25) is 14.5 Å². The summed E-state index contributed by atoms with van der Waals surface area (Å²) in [5, 5.41) is 3.11. The maximum atomic E-state index is 14.9. The molecular weight excluding hydrogens is 569 g/mol. The summed E-state index contributed by atoms with van der Waals surface area (Å²) >= 11 is 12.1. The summed E-state index contributed by atoms with van der Waals surface area (Å²) < 4.78 is 55.8. The van der Waals surface area contributed by atoms with Crippen molar-refractivity contribution in [1.82, 2.24) is 5.32 Å². The summed E-state index contributed by atoms with van der Waals surface area (Å²) in [5.74, 6) is -3.23. The van der Waals surface area contributed by atoms with Crippen molar-refractivity contribution >= 4 is 46.4 Å². The first kappa shape index (κ1) is 29.3. The van der Waals surface area contributed by atoms with Crippen molar-refractivity contribution in [2.45, 2.75) is 25.2 Å². The lowest BCUT2D eigenvalue weighted by molar-refractivity contribution is -0.135. The normalized spacial score (nSPS) is 16.1. The number of nitrogens with one attached hydrogen (secondary N) is 1. The number of hydrogen-bond donors (Lipinski definition) is 1. The van der Waals surface area contributed by atoms with E-state index >= 15 is 0 Å². The van der Waals surface area contributed by atoms with E-state index in [1.165, 1.54) is 48.5 Å². The highest BCUT2D eigenvalue weighted by molar-refractivity contribution is 6.42. The van der Waals surface area contributed by atoms with Crippen LogP contribution < -0.4 is 10.2 Å². The van der Waals surface area contributed by atoms with E-state index in [1.54, 1.807) is 24.3 Å². The fraction of sp³-hybridized carbons (Fsp3) is 0.207. The molecule has 2 atom stereocenters. The average molecular weight is 592 g/mol. The van der Waals surface area contributed by atoms with E-state index < -0.39 is 42.4 Å². The Morgan fingerprint density at radius 2 is 1.73 bits per heavy atom. The van der Waals surface area contributed by atoms with Gasteiger partial charge in [0, 0.05) is 17.0 Å². The Balaban J connectivity index is 1.76. The molecule has 40 heavy (non-hydrogen) atoms. The fourth-order valence-corrected chi connectivity index (χ4v) is 4.74. The second-order valence-electron chi connectivity index (χ2n) is 9.10. The van der Waals surface area contributed by atoms with Crippen LogP contribution in [0.5, 0.6) is 0 Å². The molecule has 0 fully saturated rings. The van der Waals surface area contributed by atoms with Crippen molar-refractivity contribution < 1.29 is 27.2 Å². The van der Waals surface area contributed by atoms with Crippen molar-refractivity contribution in [3.8, 4) is 0 Å². The number of halogens is 6. The Kier molecular flexibility index (Phi) is 8.95. The number of rotatable bonds is 8. The van der Waals surface area contributed by atoms with E-state index in [4.69, 9.17) is 23.2 Å². The molecule has 0 saturated carbocycles. The lowest BCUT2D eigenvalue weighted by Gasteiger charge is -2.27. The van der Waals surface area contributed by atoms with Gasteiger partial charge in [0.2, 0.25) is 12.1 Å². The van der Waals surface area contributed by atoms with Crippen LogP contribution in [0, 0.1) is 11.7 Å².